The predicted octanol–water partition coefficient (Wildman–Crippen LogP) is 5.04. The predicted molar refractivity (Wildman–Crippen MR) is 145 cm³/mol. The third-order valence-electron chi connectivity index (χ3n) is 5.97. The Balaban J connectivity index is 1.62. The fourth-order valence-corrected chi connectivity index (χ4v) is 6.33. The van der Waals surface area contributed by atoms with Gasteiger partial charge in [-0.15, -0.1) is 0 Å². The Kier molecular flexibility index (Phi) is 7.42. The number of amides is 1. The number of anilines is 1. The molecule has 0 spiro atoms. The molecule has 0 aromatic heterocycles. The molecule has 1 aliphatic heterocycles. The number of amidine groups is 1. The Labute approximate surface area is 216 Å². The van der Waals surface area contributed by atoms with Crippen LogP contribution in [0.1, 0.15) is 29.8 Å². The van der Waals surface area contributed by atoms with Crippen LogP contribution in [0.3, 0.4) is 0 Å². The number of ether oxygens (including phenoxy) is 1. The van der Waals surface area contributed by atoms with Gasteiger partial charge >= 0.3 is 0 Å². The van der Waals surface area contributed by atoms with Gasteiger partial charge in [-0.25, -0.2) is 8.42 Å². The molecule has 0 bridgehead atoms. The van der Waals surface area contributed by atoms with Crippen LogP contribution in [0.15, 0.2) is 88.8 Å². The first-order chi connectivity index (χ1) is 17.1. The van der Waals surface area contributed by atoms with Crippen LogP contribution >= 0.6 is 11.8 Å². The minimum absolute atomic E-state index is 0.0408. The third kappa shape index (κ3) is 5.27. The summed E-state index contributed by atoms with van der Waals surface area (Å²) in [7, 11) is -0.856. The smallest absolute Gasteiger partial charge is 0.264 e. The molecule has 7 nitrogen and oxygen atoms in total. The van der Waals surface area contributed by atoms with E-state index in [2.05, 4.69) is 0 Å². The first kappa shape index (κ1) is 25.8. The van der Waals surface area contributed by atoms with Gasteiger partial charge < -0.3 is 4.74 Å². The maximum absolute atomic E-state index is 13.7. The van der Waals surface area contributed by atoms with Crippen molar-refractivity contribution in [3.63, 3.8) is 0 Å². The quantitative estimate of drug-likeness (QED) is 0.433. The summed E-state index contributed by atoms with van der Waals surface area (Å²) >= 11 is 1.53. The zero-order chi connectivity index (χ0) is 25.9. The Morgan fingerprint density at radius 1 is 1.06 bits per heavy atom. The van der Waals surface area contributed by atoms with E-state index in [0.29, 0.717) is 34.5 Å². The maximum atomic E-state index is 13.7. The summed E-state index contributed by atoms with van der Waals surface area (Å²) in [4.78, 5) is 20.1. The average Bonchev–Trinajstić information content (AvgIpc) is 3.21. The Morgan fingerprint density at radius 2 is 1.75 bits per heavy atom. The monoisotopic (exact) mass is 523 g/mol. The van der Waals surface area contributed by atoms with Gasteiger partial charge in [0.05, 0.1) is 29.8 Å². The number of hydrogen-bond donors (Lipinski definition) is 0. The van der Waals surface area contributed by atoms with Crippen LogP contribution < -0.4 is 9.04 Å². The zero-order valence-electron chi connectivity index (χ0n) is 20.7. The molecule has 3 aromatic carbocycles. The van der Waals surface area contributed by atoms with Gasteiger partial charge in [0.2, 0.25) is 0 Å². The van der Waals surface area contributed by atoms with Crippen molar-refractivity contribution in [2.75, 3.05) is 24.2 Å². The standard InChI is InChI=1S/C27H29N3O4S2/c1-27(2)19-35-26(28-18-20-9-6-5-7-10-20)30(27)25(31)21-11-8-12-24(17-21)36(32,33)29(3)22-13-15-23(34-4)16-14-22/h5-17H,18-19H2,1-4H3. The minimum Gasteiger partial charge on any atom is -0.497 e. The number of sulfonamides is 1. The summed E-state index contributed by atoms with van der Waals surface area (Å²) in [5.41, 5.74) is 1.37. The molecule has 0 aliphatic carbocycles. The van der Waals surface area contributed by atoms with Crippen molar-refractivity contribution < 1.29 is 17.9 Å². The van der Waals surface area contributed by atoms with Crippen LogP contribution in [-0.2, 0) is 16.6 Å². The van der Waals surface area contributed by atoms with Gasteiger partial charge in [0.1, 0.15) is 5.75 Å². The second-order valence-corrected chi connectivity index (χ2v) is 11.9. The molecule has 0 radical (unpaired) electrons. The van der Waals surface area contributed by atoms with Crippen LogP contribution in [0.4, 0.5) is 5.69 Å². The van der Waals surface area contributed by atoms with Gasteiger partial charge in [-0.05, 0) is 61.9 Å². The number of aliphatic imine (C=N–C) groups is 1. The Hall–Kier alpha value is -3.30. The minimum atomic E-state index is -3.89. The molecule has 0 N–H and O–H groups in total. The molecule has 36 heavy (non-hydrogen) atoms. The molecule has 0 unspecified atom stereocenters. The fourth-order valence-electron chi connectivity index (χ4n) is 3.86. The van der Waals surface area contributed by atoms with Crippen LogP contribution in [0.5, 0.6) is 5.75 Å². The molecule has 3 aromatic rings. The molecule has 1 aliphatic rings. The van der Waals surface area contributed by atoms with Crippen LogP contribution in [0.25, 0.3) is 0 Å². The van der Waals surface area contributed by atoms with E-state index in [-0.39, 0.29) is 10.8 Å². The number of methoxy groups -OCH3 is 1. The lowest BCUT2D eigenvalue weighted by atomic mass is 10.0. The second kappa shape index (κ2) is 10.4. The highest BCUT2D eigenvalue weighted by atomic mass is 32.2. The zero-order valence-corrected chi connectivity index (χ0v) is 22.3. The summed E-state index contributed by atoms with van der Waals surface area (Å²) in [5.74, 6) is 1.05. The molecular formula is C27H29N3O4S2. The molecule has 0 saturated carbocycles. The van der Waals surface area contributed by atoms with Gasteiger partial charge in [0.25, 0.3) is 15.9 Å². The van der Waals surface area contributed by atoms with Crippen molar-refractivity contribution in [1.82, 2.24) is 4.90 Å². The molecule has 1 fully saturated rings. The van der Waals surface area contributed by atoms with E-state index in [9.17, 15) is 13.2 Å². The molecule has 1 saturated heterocycles. The van der Waals surface area contributed by atoms with Gasteiger partial charge in [-0.1, -0.05) is 48.2 Å². The largest absolute Gasteiger partial charge is 0.497 e. The summed E-state index contributed by atoms with van der Waals surface area (Å²) in [6, 6.07) is 22.8. The Bertz CT molecular complexity index is 1370. The number of nitrogens with zero attached hydrogens (tertiary/aromatic N) is 3. The lowest BCUT2D eigenvalue weighted by Crippen LogP contribution is -2.46. The molecule has 188 valence electrons. The number of carbonyl (C=O) groups is 1. The second-order valence-electron chi connectivity index (χ2n) is 9.02. The van der Waals surface area contributed by atoms with E-state index in [0.717, 1.165) is 5.56 Å². The van der Waals surface area contributed by atoms with Gasteiger partial charge in [0, 0.05) is 18.4 Å². The summed E-state index contributed by atoms with van der Waals surface area (Å²) < 4.78 is 33.1. The summed E-state index contributed by atoms with van der Waals surface area (Å²) in [6.45, 7) is 4.44. The van der Waals surface area contributed by atoms with E-state index in [1.54, 1.807) is 48.4 Å². The number of thioether (sulfide) groups is 1. The molecule has 0 atom stereocenters. The van der Waals surface area contributed by atoms with Crippen molar-refractivity contribution in [2.24, 2.45) is 4.99 Å². The molecule has 1 amide bonds. The SMILES string of the molecule is COc1ccc(N(C)S(=O)(=O)c2cccc(C(=O)N3C(=NCc4ccccc4)SCC3(C)C)c2)cc1. The first-order valence-electron chi connectivity index (χ1n) is 11.4. The van der Waals surface area contributed by atoms with E-state index >= 15 is 0 Å². The summed E-state index contributed by atoms with van der Waals surface area (Å²) in [6.07, 6.45) is 0. The van der Waals surface area contributed by atoms with E-state index in [4.69, 9.17) is 9.73 Å². The molecule has 4 rings (SSSR count). The van der Waals surface area contributed by atoms with Crippen LogP contribution in [0.2, 0.25) is 0 Å². The van der Waals surface area contributed by atoms with Crippen molar-refractivity contribution in [3.8, 4) is 5.75 Å². The highest BCUT2D eigenvalue weighted by molar-refractivity contribution is 8.14. The fraction of sp³-hybridized carbons (Fsp3) is 0.259. The number of rotatable bonds is 7. The van der Waals surface area contributed by atoms with E-state index < -0.39 is 15.6 Å². The average molecular weight is 524 g/mol. The van der Waals surface area contributed by atoms with E-state index in [1.165, 1.54) is 35.2 Å². The summed E-state index contributed by atoms with van der Waals surface area (Å²) in [5, 5.41) is 0.637. The molecular weight excluding hydrogens is 494 g/mol. The first-order valence-corrected chi connectivity index (χ1v) is 13.8. The van der Waals surface area contributed by atoms with Crippen molar-refractivity contribution in [1.29, 1.82) is 0 Å². The lowest BCUT2D eigenvalue weighted by Gasteiger charge is -2.30. The highest BCUT2D eigenvalue weighted by Gasteiger charge is 2.41. The molecule has 1 heterocycles. The van der Waals surface area contributed by atoms with Crippen molar-refractivity contribution in [3.05, 3.63) is 90.0 Å². The number of benzene rings is 3. The number of carbonyl (C=O) groups excluding carboxylic acids is 1. The van der Waals surface area contributed by atoms with E-state index in [1.807, 2.05) is 44.2 Å². The van der Waals surface area contributed by atoms with Gasteiger partial charge in [-0.3, -0.25) is 19.0 Å². The number of hydrogen-bond acceptors (Lipinski definition) is 6. The van der Waals surface area contributed by atoms with Gasteiger partial charge in [0.15, 0.2) is 5.17 Å². The Morgan fingerprint density at radius 3 is 2.42 bits per heavy atom. The third-order valence-corrected chi connectivity index (χ3v) is 9.17. The molecule has 9 heteroatoms. The topological polar surface area (TPSA) is 79.3 Å². The van der Waals surface area contributed by atoms with Gasteiger partial charge in [-0.2, -0.15) is 0 Å². The highest BCUT2D eigenvalue weighted by Crippen LogP contribution is 2.35. The normalized spacial score (nSPS) is 16.2. The maximum Gasteiger partial charge on any atom is 0.264 e. The van der Waals surface area contributed by atoms with Crippen molar-refractivity contribution in [2.45, 2.75) is 30.8 Å². The van der Waals surface area contributed by atoms with Crippen molar-refractivity contribution >= 4 is 38.5 Å². The van der Waals surface area contributed by atoms with Crippen LogP contribution in [-0.4, -0.2) is 49.8 Å². The van der Waals surface area contributed by atoms with Crippen LogP contribution in [0, 0.1) is 0 Å². The lowest BCUT2D eigenvalue weighted by molar-refractivity contribution is 0.0766.